The molecule has 9 heteroatoms. The maximum Gasteiger partial charge on any atom is 0.240 e. The molecule has 0 saturated heterocycles. The van der Waals surface area contributed by atoms with Crippen molar-refractivity contribution in [1.29, 1.82) is 0 Å². The fourth-order valence-electron chi connectivity index (χ4n) is 3.67. The van der Waals surface area contributed by atoms with E-state index in [0.29, 0.717) is 35.4 Å². The van der Waals surface area contributed by atoms with Crippen LogP contribution in [-0.2, 0) is 13.2 Å². The zero-order valence-corrected chi connectivity index (χ0v) is 17.8. The highest BCUT2D eigenvalue weighted by Crippen LogP contribution is 2.31. The summed E-state index contributed by atoms with van der Waals surface area (Å²) < 4.78 is 15.1. The number of aryl methyl sites for hydroxylation is 1. The summed E-state index contributed by atoms with van der Waals surface area (Å²) in [5.41, 5.74) is 4.22. The van der Waals surface area contributed by atoms with E-state index in [0.717, 1.165) is 17.0 Å². The monoisotopic (exact) mass is 437 g/mol. The highest BCUT2D eigenvalue weighted by atomic mass is 16.5. The molecular weight excluding hydrogens is 418 g/mol. The first-order chi connectivity index (χ1) is 16.2. The first-order valence-electron chi connectivity index (χ1n) is 10.5. The summed E-state index contributed by atoms with van der Waals surface area (Å²) in [6.07, 6.45) is 9.72. The number of benzene rings is 1. The molecule has 5 aromatic rings. The summed E-state index contributed by atoms with van der Waals surface area (Å²) in [6, 6.07) is 14.0. The van der Waals surface area contributed by atoms with Crippen molar-refractivity contribution >= 4 is 11.2 Å². The molecule has 0 unspecified atom stereocenters. The van der Waals surface area contributed by atoms with Crippen molar-refractivity contribution in [2.75, 3.05) is 0 Å². The smallest absolute Gasteiger partial charge is 0.240 e. The number of aromatic nitrogens is 7. The van der Waals surface area contributed by atoms with Crippen molar-refractivity contribution in [2.45, 2.75) is 20.1 Å². The summed E-state index contributed by atoms with van der Waals surface area (Å²) in [4.78, 5) is 4.48. The van der Waals surface area contributed by atoms with E-state index in [1.54, 1.807) is 16.8 Å². The summed E-state index contributed by atoms with van der Waals surface area (Å²) in [7, 11) is 0. The molecule has 0 amide bonds. The van der Waals surface area contributed by atoms with E-state index in [1.807, 2.05) is 55.6 Å². The van der Waals surface area contributed by atoms with Gasteiger partial charge < -0.3 is 13.8 Å². The second-order valence-corrected chi connectivity index (χ2v) is 7.71. The van der Waals surface area contributed by atoms with Crippen LogP contribution in [0, 0.1) is 6.92 Å². The van der Waals surface area contributed by atoms with E-state index < -0.39 is 0 Å². The molecule has 0 aliphatic heterocycles. The van der Waals surface area contributed by atoms with E-state index in [4.69, 9.17) is 14.4 Å². The number of rotatable bonds is 7. The minimum atomic E-state index is 0.267. The van der Waals surface area contributed by atoms with Gasteiger partial charge in [-0.3, -0.25) is 0 Å². The maximum atomic E-state index is 6.20. The summed E-state index contributed by atoms with van der Waals surface area (Å²) in [6.45, 7) is 2.81. The second-order valence-electron chi connectivity index (χ2n) is 7.71. The minimum absolute atomic E-state index is 0.267. The number of fused-ring (bicyclic) bond motifs is 1. The minimum Gasteiger partial charge on any atom is -0.468 e. The van der Waals surface area contributed by atoms with Crippen LogP contribution in [0.2, 0.25) is 0 Å². The van der Waals surface area contributed by atoms with Crippen LogP contribution in [0.5, 0.6) is 5.88 Å². The average molecular weight is 437 g/mol. The summed E-state index contributed by atoms with van der Waals surface area (Å²) in [5.74, 6) is 2.45. The molecule has 0 fully saturated rings. The molecule has 0 spiro atoms. The van der Waals surface area contributed by atoms with E-state index >= 15 is 0 Å². The molecule has 0 N–H and O–H groups in total. The van der Waals surface area contributed by atoms with Crippen LogP contribution >= 0.6 is 0 Å². The lowest BCUT2D eigenvalue weighted by molar-refractivity contribution is 0.274. The molecular formula is C24H19N7O2. The van der Waals surface area contributed by atoms with Crippen molar-refractivity contribution in [3.63, 3.8) is 0 Å². The maximum absolute atomic E-state index is 6.20. The number of allylic oxidation sites excluding steroid dienone is 4. The van der Waals surface area contributed by atoms with Gasteiger partial charge in [0, 0.05) is 30.6 Å². The molecule has 0 saturated carbocycles. The van der Waals surface area contributed by atoms with Crippen LogP contribution in [-0.4, -0.2) is 34.5 Å². The van der Waals surface area contributed by atoms with Gasteiger partial charge >= 0.3 is 0 Å². The van der Waals surface area contributed by atoms with Gasteiger partial charge in [0.2, 0.25) is 11.7 Å². The molecule has 0 atom stereocenters. The Morgan fingerprint density at radius 1 is 1.09 bits per heavy atom. The molecule has 33 heavy (non-hydrogen) atoms. The number of hydrogen-bond donors (Lipinski definition) is 0. The van der Waals surface area contributed by atoms with Gasteiger partial charge in [0.05, 0.1) is 0 Å². The predicted octanol–water partition coefficient (Wildman–Crippen LogP) is 3.86. The Hall–Kier alpha value is -4.53. The van der Waals surface area contributed by atoms with Gasteiger partial charge in [0.15, 0.2) is 11.3 Å². The topological polar surface area (TPSA) is 96.2 Å². The van der Waals surface area contributed by atoms with Crippen molar-refractivity contribution in [2.24, 2.45) is 0 Å². The van der Waals surface area contributed by atoms with Crippen molar-refractivity contribution < 1.29 is 9.26 Å². The van der Waals surface area contributed by atoms with Crippen LogP contribution in [0.3, 0.4) is 0 Å². The largest absolute Gasteiger partial charge is 0.468 e. The van der Waals surface area contributed by atoms with E-state index in [2.05, 4.69) is 37.0 Å². The van der Waals surface area contributed by atoms with Crippen LogP contribution in [0.15, 0.2) is 77.6 Å². The van der Waals surface area contributed by atoms with Crippen molar-refractivity contribution in [3.05, 3.63) is 95.8 Å². The normalized spacial score (nSPS) is 12.7. The van der Waals surface area contributed by atoms with Crippen molar-refractivity contribution in [3.8, 4) is 17.4 Å². The molecule has 6 rings (SSSR count). The molecule has 0 bridgehead atoms. The average Bonchev–Trinajstić information content (AvgIpc) is 3.51. The fourth-order valence-corrected chi connectivity index (χ4v) is 3.67. The summed E-state index contributed by atoms with van der Waals surface area (Å²) >= 11 is 0. The standard InChI is InChI=1S/C24H19N7O2/c1-16-12-20(29-33-16)23-27-26-21-13-19(18-8-5-9-18)24(28-31(21)23)32-15-22-25-10-11-30(22)14-17-6-3-2-4-7-17/h2-13H,14-15H2,1H3. The quantitative estimate of drug-likeness (QED) is 0.381. The second kappa shape index (κ2) is 7.86. The predicted molar refractivity (Wildman–Crippen MR) is 120 cm³/mol. The molecule has 4 aromatic heterocycles. The van der Waals surface area contributed by atoms with E-state index in [1.165, 1.54) is 5.56 Å². The highest BCUT2D eigenvalue weighted by molar-refractivity contribution is 5.84. The van der Waals surface area contributed by atoms with Gasteiger partial charge in [-0.2, -0.15) is 4.52 Å². The fraction of sp³-hybridized carbons (Fsp3) is 0.125. The zero-order chi connectivity index (χ0) is 22.2. The van der Waals surface area contributed by atoms with Gasteiger partial charge in [-0.1, -0.05) is 53.7 Å². The van der Waals surface area contributed by atoms with Crippen molar-refractivity contribution in [1.82, 2.24) is 34.5 Å². The van der Waals surface area contributed by atoms with E-state index in [-0.39, 0.29) is 6.61 Å². The lowest BCUT2D eigenvalue weighted by atomic mass is 10.0. The number of imidazole rings is 1. The Morgan fingerprint density at radius 2 is 1.97 bits per heavy atom. The molecule has 0 radical (unpaired) electrons. The number of nitrogens with zero attached hydrogens (tertiary/aromatic N) is 7. The highest BCUT2D eigenvalue weighted by Gasteiger charge is 2.20. The van der Waals surface area contributed by atoms with Gasteiger partial charge in [0.1, 0.15) is 18.2 Å². The Kier molecular flexibility index (Phi) is 4.57. The number of hydrogen-bond acceptors (Lipinski definition) is 7. The van der Waals surface area contributed by atoms with Crippen LogP contribution in [0.25, 0.3) is 22.7 Å². The Balaban J connectivity index is 1.33. The first-order valence-corrected chi connectivity index (χ1v) is 10.5. The molecule has 162 valence electrons. The van der Waals surface area contributed by atoms with Gasteiger partial charge in [0.25, 0.3) is 0 Å². The zero-order valence-electron chi connectivity index (χ0n) is 17.8. The third kappa shape index (κ3) is 3.59. The Bertz CT molecular complexity index is 1510. The lowest BCUT2D eigenvalue weighted by Crippen LogP contribution is -2.10. The Labute approximate surface area is 188 Å². The van der Waals surface area contributed by atoms with Crippen LogP contribution in [0.4, 0.5) is 0 Å². The lowest BCUT2D eigenvalue weighted by Gasteiger charge is -2.14. The molecule has 1 aliphatic rings. The third-order valence-electron chi connectivity index (χ3n) is 5.41. The third-order valence-corrected chi connectivity index (χ3v) is 5.41. The molecule has 1 aliphatic carbocycles. The number of ether oxygens (including phenoxy) is 1. The van der Waals surface area contributed by atoms with Gasteiger partial charge in [-0.15, -0.1) is 15.3 Å². The summed E-state index contributed by atoms with van der Waals surface area (Å²) in [5, 5.41) is 17.3. The molecule has 9 nitrogen and oxygen atoms in total. The van der Waals surface area contributed by atoms with Gasteiger partial charge in [-0.25, -0.2) is 4.98 Å². The Morgan fingerprint density at radius 3 is 2.73 bits per heavy atom. The van der Waals surface area contributed by atoms with Crippen LogP contribution < -0.4 is 4.74 Å². The first kappa shape index (κ1) is 19.2. The van der Waals surface area contributed by atoms with E-state index in [9.17, 15) is 0 Å². The SMILES string of the molecule is Cc1cc(-c2nnc3cc(C4=CC=C4)c(OCc4nccn4Cc4ccccc4)nn23)no1. The molecule has 4 heterocycles. The molecule has 1 aromatic carbocycles. The van der Waals surface area contributed by atoms with Gasteiger partial charge in [-0.05, 0) is 24.1 Å². The van der Waals surface area contributed by atoms with Crippen LogP contribution in [0.1, 0.15) is 22.7 Å².